The van der Waals surface area contributed by atoms with E-state index in [1.807, 2.05) is 53.1 Å². The smallest absolute Gasteiger partial charge is 0.319 e. The number of benzene rings is 6. The van der Waals surface area contributed by atoms with Crippen molar-refractivity contribution in [3.05, 3.63) is 149 Å². The van der Waals surface area contributed by atoms with Crippen molar-refractivity contribution in [2.45, 2.75) is 65.5 Å². The Morgan fingerprint density at radius 3 is 1.58 bits per heavy atom. The number of nitrogens with zero attached hydrogens (tertiary/aromatic N) is 3. The van der Waals surface area contributed by atoms with Crippen molar-refractivity contribution in [1.82, 2.24) is 9.13 Å². The molecule has 0 fully saturated rings. The van der Waals surface area contributed by atoms with E-state index in [1.165, 1.54) is 6.07 Å². The van der Waals surface area contributed by atoms with Gasteiger partial charge in [0.05, 0.1) is 45.6 Å². The lowest BCUT2D eigenvalue weighted by molar-refractivity contribution is -0.137. The fourth-order valence-electron chi connectivity index (χ4n) is 7.92. The van der Waals surface area contributed by atoms with Crippen LogP contribution < -0.4 is 0 Å². The van der Waals surface area contributed by atoms with Gasteiger partial charge in [0, 0.05) is 21.5 Å². The van der Waals surface area contributed by atoms with E-state index in [2.05, 4.69) is 93.4 Å². The van der Waals surface area contributed by atoms with Gasteiger partial charge in [-0.3, -0.25) is 0 Å². The van der Waals surface area contributed by atoms with Gasteiger partial charge in [-0.1, -0.05) is 120 Å². The van der Waals surface area contributed by atoms with Gasteiger partial charge in [-0.2, -0.15) is 13.2 Å². The van der Waals surface area contributed by atoms with Crippen LogP contribution in [0.5, 0.6) is 0 Å². The molecule has 53 heavy (non-hydrogen) atoms. The van der Waals surface area contributed by atoms with Crippen LogP contribution in [0, 0.1) is 13.5 Å². The number of hydrogen-bond donors (Lipinski definition) is 0. The first-order valence-corrected chi connectivity index (χ1v) is 17.9. The summed E-state index contributed by atoms with van der Waals surface area (Å²) in [4.78, 5) is 4.29. The molecule has 0 atom stereocenters. The van der Waals surface area contributed by atoms with Crippen LogP contribution in [0.2, 0.25) is 0 Å². The minimum atomic E-state index is -4.62. The Kier molecular flexibility index (Phi) is 7.68. The summed E-state index contributed by atoms with van der Waals surface area (Å²) in [5, 5.41) is 4.01. The van der Waals surface area contributed by atoms with Crippen molar-refractivity contribution in [1.29, 1.82) is 0 Å². The standard InChI is InChI=1S/C47H40F3N3/c1-28-14-13-17-36(47(48,49)50)42(28)35-24-25-39(52-37-18-11-9-15-31(37)33-22-20-29(26-40(33)52)45(2,3)4)43(51-8)44(35)53-38-19-12-10-16-32(38)34-23-21-30(27-41(34)53)46(5,6)7/h9-27H,1-7H3. The molecule has 0 aliphatic rings. The fraction of sp³-hybridized carbons (Fsp3) is 0.213. The first-order valence-electron chi connectivity index (χ1n) is 17.9. The lowest BCUT2D eigenvalue weighted by atomic mass is 9.86. The molecule has 0 saturated carbocycles. The average molecular weight is 704 g/mol. The van der Waals surface area contributed by atoms with Gasteiger partial charge in [0.1, 0.15) is 0 Å². The second kappa shape index (κ2) is 11.9. The first-order chi connectivity index (χ1) is 25.1. The Morgan fingerprint density at radius 2 is 1.06 bits per heavy atom. The predicted octanol–water partition coefficient (Wildman–Crippen LogP) is 14.0. The Labute approximate surface area is 307 Å². The van der Waals surface area contributed by atoms with Gasteiger partial charge >= 0.3 is 6.18 Å². The van der Waals surface area contributed by atoms with Gasteiger partial charge in [0.2, 0.25) is 5.69 Å². The average Bonchev–Trinajstić information content (AvgIpc) is 3.62. The molecule has 8 rings (SSSR count). The molecular weight excluding hydrogens is 664 g/mol. The van der Waals surface area contributed by atoms with E-state index in [4.69, 9.17) is 6.57 Å². The quantitative estimate of drug-likeness (QED) is 0.163. The topological polar surface area (TPSA) is 14.2 Å². The van der Waals surface area contributed by atoms with Gasteiger partial charge in [-0.15, -0.1) is 0 Å². The van der Waals surface area contributed by atoms with Crippen LogP contribution in [0.4, 0.5) is 18.9 Å². The van der Waals surface area contributed by atoms with Gasteiger partial charge in [-0.25, -0.2) is 4.85 Å². The van der Waals surface area contributed by atoms with E-state index in [1.54, 1.807) is 19.1 Å². The monoisotopic (exact) mass is 703 g/mol. The van der Waals surface area contributed by atoms with E-state index in [0.29, 0.717) is 22.5 Å². The fourth-order valence-corrected chi connectivity index (χ4v) is 7.92. The second-order valence-electron chi connectivity index (χ2n) is 16.1. The number of aryl methyl sites for hydroxylation is 1. The molecule has 0 radical (unpaired) electrons. The number of halogens is 3. The van der Waals surface area contributed by atoms with Gasteiger partial charge < -0.3 is 9.13 Å². The molecule has 0 aliphatic carbocycles. The number of para-hydroxylation sites is 2. The van der Waals surface area contributed by atoms with E-state index >= 15 is 0 Å². The Hall–Kier alpha value is -5.80. The molecule has 2 aromatic heterocycles. The summed E-state index contributed by atoms with van der Waals surface area (Å²) >= 11 is 0. The Morgan fingerprint density at radius 1 is 0.547 bits per heavy atom. The van der Waals surface area contributed by atoms with Crippen LogP contribution in [0.25, 0.3) is 71.0 Å². The molecule has 2 heterocycles. The molecule has 0 bridgehead atoms. The molecule has 0 spiro atoms. The van der Waals surface area contributed by atoms with Crippen LogP contribution in [0.1, 0.15) is 63.8 Å². The highest BCUT2D eigenvalue weighted by Crippen LogP contribution is 2.49. The zero-order valence-corrected chi connectivity index (χ0v) is 30.9. The summed E-state index contributed by atoms with van der Waals surface area (Å²) in [6.45, 7) is 23.6. The van der Waals surface area contributed by atoms with E-state index < -0.39 is 11.7 Å². The maximum atomic E-state index is 15.0. The maximum Gasteiger partial charge on any atom is 0.417 e. The number of fused-ring (bicyclic) bond motifs is 6. The molecule has 0 amide bonds. The summed E-state index contributed by atoms with van der Waals surface area (Å²) in [5.74, 6) is 0. The van der Waals surface area contributed by atoms with Gasteiger partial charge in [-0.05, 0) is 82.0 Å². The molecule has 0 unspecified atom stereocenters. The molecule has 8 aromatic rings. The molecule has 6 aromatic carbocycles. The lowest BCUT2D eigenvalue weighted by Gasteiger charge is -2.24. The van der Waals surface area contributed by atoms with Gasteiger partial charge in [0.25, 0.3) is 0 Å². The number of hydrogen-bond acceptors (Lipinski definition) is 0. The molecule has 0 aliphatic heterocycles. The van der Waals surface area contributed by atoms with E-state index in [-0.39, 0.29) is 22.1 Å². The minimum Gasteiger partial charge on any atom is -0.319 e. The van der Waals surface area contributed by atoms with Gasteiger partial charge in [0.15, 0.2) is 0 Å². The minimum absolute atomic E-state index is 0.0709. The third-order valence-electron chi connectivity index (χ3n) is 10.6. The summed E-state index contributed by atoms with van der Waals surface area (Å²) in [7, 11) is 0. The highest BCUT2D eigenvalue weighted by molar-refractivity contribution is 6.13. The number of rotatable bonds is 3. The SMILES string of the molecule is [C-]#[N+]c1c(-n2c3ccccc3c3ccc(C(C)(C)C)cc32)ccc(-c2c(C)cccc2C(F)(F)F)c1-n1c2ccccc2c2ccc(C(C)(C)C)cc21. The molecule has 0 saturated heterocycles. The Bertz CT molecular complexity index is 2810. The molecule has 264 valence electrons. The van der Waals surface area contributed by atoms with Crippen LogP contribution in [0.3, 0.4) is 0 Å². The second-order valence-corrected chi connectivity index (χ2v) is 16.1. The lowest BCUT2D eigenvalue weighted by Crippen LogP contribution is -2.12. The van der Waals surface area contributed by atoms with Crippen LogP contribution >= 0.6 is 0 Å². The van der Waals surface area contributed by atoms with Crippen LogP contribution in [-0.4, -0.2) is 9.13 Å². The molecule has 6 heteroatoms. The van der Waals surface area contributed by atoms with E-state index in [9.17, 15) is 13.2 Å². The summed E-state index contributed by atoms with van der Waals surface area (Å²) in [6, 6.07) is 36.9. The third kappa shape index (κ3) is 5.41. The summed E-state index contributed by atoms with van der Waals surface area (Å²) in [5.41, 5.74) is 6.86. The third-order valence-corrected chi connectivity index (χ3v) is 10.6. The Balaban J connectivity index is 1.61. The first kappa shape index (κ1) is 34.3. The molecular formula is C47H40F3N3. The van der Waals surface area contributed by atoms with Crippen molar-refractivity contribution < 1.29 is 13.2 Å². The summed E-state index contributed by atoms with van der Waals surface area (Å²) in [6.07, 6.45) is -4.62. The highest BCUT2D eigenvalue weighted by Gasteiger charge is 2.36. The summed E-state index contributed by atoms with van der Waals surface area (Å²) < 4.78 is 49.1. The van der Waals surface area contributed by atoms with Crippen molar-refractivity contribution in [3.63, 3.8) is 0 Å². The normalized spacial score (nSPS) is 12.7. The maximum absolute atomic E-state index is 15.0. The largest absolute Gasteiger partial charge is 0.417 e. The zero-order valence-electron chi connectivity index (χ0n) is 30.9. The predicted molar refractivity (Wildman–Crippen MR) is 214 cm³/mol. The molecule has 3 nitrogen and oxygen atoms in total. The highest BCUT2D eigenvalue weighted by atomic mass is 19.4. The van der Waals surface area contributed by atoms with Crippen molar-refractivity contribution in [2.24, 2.45) is 0 Å². The van der Waals surface area contributed by atoms with Crippen molar-refractivity contribution >= 4 is 49.3 Å². The van der Waals surface area contributed by atoms with E-state index in [0.717, 1.165) is 60.8 Å². The molecule has 0 N–H and O–H groups in total. The van der Waals surface area contributed by atoms with Crippen molar-refractivity contribution in [3.8, 4) is 22.5 Å². The van der Waals surface area contributed by atoms with Crippen LogP contribution in [0.15, 0.2) is 115 Å². The van der Waals surface area contributed by atoms with Crippen molar-refractivity contribution in [2.75, 3.05) is 0 Å². The number of aromatic nitrogens is 2. The van der Waals surface area contributed by atoms with Crippen LogP contribution in [-0.2, 0) is 17.0 Å². The zero-order chi connectivity index (χ0) is 37.6. The number of alkyl halides is 3.